The Morgan fingerprint density at radius 1 is 0.974 bits per heavy atom. The van der Waals surface area contributed by atoms with Crippen molar-refractivity contribution in [2.75, 3.05) is 11.9 Å². The highest BCUT2D eigenvalue weighted by Crippen LogP contribution is 2.45. The van der Waals surface area contributed by atoms with Crippen molar-refractivity contribution in [1.29, 1.82) is 0 Å². The van der Waals surface area contributed by atoms with Gasteiger partial charge in [-0.05, 0) is 41.7 Å². The summed E-state index contributed by atoms with van der Waals surface area (Å²) in [6.07, 6.45) is 3.51. The number of imidazole rings is 1. The molecule has 0 bridgehead atoms. The van der Waals surface area contributed by atoms with E-state index in [2.05, 4.69) is 39.9 Å². The van der Waals surface area contributed by atoms with Crippen LogP contribution in [-0.2, 0) is 20.9 Å². The van der Waals surface area contributed by atoms with E-state index in [0.717, 1.165) is 5.56 Å². The normalized spacial score (nSPS) is 13.4. The molecule has 0 spiro atoms. The summed E-state index contributed by atoms with van der Waals surface area (Å²) in [4.78, 5) is 30.3. The number of carbonyl (C=O) groups excluding carboxylic acids is 2. The maximum Gasteiger partial charge on any atom is 0.250 e. The molecule has 3 aromatic carbocycles. The van der Waals surface area contributed by atoms with Gasteiger partial charge in [0.2, 0.25) is 5.91 Å². The van der Waals surface area contributed by atoms with Crippen molar-refractivity contribution in [3.63, 3.8) is 0 Å². The Kier molecular flexibility index (Phi) is 7.09. The van der Waals surface area contributed by atoms with Gasteiger partial charge < -0.3 is 25.7 Å². The zero-order chi connectivity index (χ0) is 26.7. The van der Waals surface area contributed by atoms with E-state index in [0.29, 0.717) is 12.4 Å². The number of nitrogens with one attached hydrogen (secondary N) is 2. The number of rotatable bonds is 9. The highest BCUT2D eigenvalue weighted by Gasteiger charge is 2.31. The van der Waals surface area contributed by atoms with E-state index < -0.39 is 23.4 Å². The minimum atomic E-state index is -1.15. The molecule has 0 saturated heterocycles. The van der Waals surface area contributed by atoms with Gasteiger partial charge in [0.25, 0.3) is 5.91 Å². The quantitative estimate of drug-likeness (QED) is 0.279. The van der Waals surface area contributed by atoms with Crippen molar-refractivity contribution >= 4 is 17.6 Å². The molecule has 0 radical (unpaired) electrons. The van der Waals surface area contributed by atoms with Crippen LogP contribution in [0.1, 0.15) is 36.6 Å². The number of ether oxygens (including phenoxy) is 1. The van der Waals surface area contributed by atoms with Crippen molar-refractivity contribution in [2.45, 2.75) is 38.1 Å². The average molecular weight is 510 g/mol. The van der Waals surface area contributed by atoms with E-state index in [4.69, 9.17) is 10.5 Å². The lowest BCUT2D eigenvalue weighted by Crippen LogP contribution is -2.56. The number of hydrogen-bond donors (Lipinski definition) is 3. The molecule has 1 aliphatic rings. The van der Waals surface area contributed by atoms with Crippen molar-refractivity contribution in [2.24, 2.45) is 5.73 Å². The number of hydrogen-bond acceptors (Lipinski definition) is 5. The summed E-state index contributed by atoms with van der Waals surface area (Å²) < 4.78 is 7.77. The molecule has 38 heavy (non-hydrogen) atoms. The van der Waals surface area contributed by atoms with Crippen LogP contribution in [0.5, 0.6) is 0 Å². The Morgan fingerprint density at radius 3 is 2.21 bits per heavy atom. The highest BCUT2D eigenvalue weighted by molar-refractivity contribution is 5.98. The lowest BCUT2D eigenvalue weighted by atomic mass is 10.1. The van der Waals surface area contributed by atoms with Crippen LogP contribution in [0, 0.1) is 0 Å². The number of nitrogens with two attached hydrogens (primary N) is 1. The molecular weight excluding hydrogens is 478 g/mol. The van der Waals surface area contributed by atoms with Gasteiger partial charge in [-0.15, -0.1) is 0 Å². The summed E-state index contributed by atoms with van der Waals surface area (Å²) >= 11 is 0. The van der Waals surface area contributed by atoms with Gasteiger partial charge >= 0.3 is 0 Å². The van der Waals surface area contributed by atoms with Crippen LogP contribution in [0.25, 0.3) is 11.1 Å². The number of nitrogens with zero attached hydrogens (tertiary/aromatic N) is 2. The summed E-state index contributed by atoms with van der Waals surface area (Å²) in [5.74, 6) is -0.509. The largest absolute Gasteiger partial charge is 0.374 e. The number of anilines is 1. The smallest absolute Gasteiger partial charge is 0.250 e. The summed E-state index contributed by atoms with van der Waals surface area (Å²) in [7, 11) is 0. The lowest BCUT2D eigenvalue weighted by Gasteiger charge is -2.23. The van der Waals surface area contributed by atoms with E-state index in [1.807, 2.05) is 59.2 Å². The van der Waals surface area contributed by atoms with Crippen LogP contribution in [0.3, 0.4) is 0 Å². The van der Waals surface area contributed by atoms with Gasteiger partial charge in [0.15, 0.2) is 5.82 Å². The molecule has 8 heteroatoms. The molecule has 0 fully saturated rings. The third kappa shape index (κ3) is 5.37. The Bertz CT molecular complexity index is 1400. The molecule has 5 rings (SSSR count). The number of carbonyl (C=O) groups is 2. The first-order valence-electron chi connectivity index (χ1n) is 12.6. The van der Waals surface area contributed by atoms with E-state index in [9.17, 15) is 9.59 Å². The van der Waals surface area contributed by atoms with Gasteiger partial charge in [-0.25, -0.2) is 4.98 Å². The van der Waals surface area contributed by atoms with Crippen LogP contribution in [0.2, 0.25) is 0 Å². The van der Waals surface area contributed by atoms with E-state index >= 15 is 0 Å². The second-order valence-corrected chi connectivity index (χ2v) is 10.0. The van der Waals surface area contributed by atoms with E-state index in [-0.39, 0.29) is 12.6 Å². The van der Waals surface area contributed by atoms with Gasteiger partial charge in [0, 0.05) is 6.20 Å². The van der Waals surface area contributed by atoms with Crippen molar-refractivity contribution in [3.8, 4) is 11.1 Å². The third-order valence-electron chi connectivity index (χ3n) is 6.55. The predicted octanol–water partition coefficient (Wildman–Crippen LogP) is 3.88. The third-order valence-corrected chi connectivity index (χ3v) is 6.55. The van der Waals surface area contributed by atoms with Gasteiger partial charge in [0.05, 0.1) is 31.1 Å². The van der Waals surface area contributed by atoms with Crippen molar-refractivity contribution in [3.05, 3.63) is 108 Å². The maximum atomic E-state index is 13.2. The molecule has 0 saturated carbocycles. The molecule has 1 atom stereocenters. The van der Waals surface area contributed by atoms with Gasteiger partial charge in [-0.1, -0.05) is 78.9 Å². The Hall–Kier alpha value is -4.27. The minimum Gasteiger partial charge on any atom is -0.374 e. The number of benzene rings is 3. The molecule has 2 amide bonds. The first kappa shape index (κ1) is 25.4. The Labute approximate surface area is 221 Å². The summed E-state index contributed by atoms with van der Waals surface area (Å²) in [5.41, 5.74) is 10.5. The fourth-order valence-electron chi connectivity index (χ4n) is 4.60. The van der Waals surface area contributed by atoms with E-state index in [1.54, 1.807) is 26.4 Å². The number of aromatic nitrogens is 2. The molecule has 194 valence electrons. The Balaban J connectivity index is 1.32. The fourth-order valence-corrected chi connectivity index (χ4v) is 4.60. The second kappa shape index (κ2) is 10.6. The zero-order valence-corrected chi connectivity index (χ0v) is 21.4. The number of fused-ring (bicyclic) bond motifs is 3. The van der Waals surface area contributed by atoms with Crippen molar-refractivity contribution < 1.29 is 14.3 Å². The van der Waals surface area contributed by atoms with Crippen LogP contribution >= 0.6 is 0 Å². The molecule has 1 aromatic heterocycles. The first-order valence-corrected chi connectivity index (χ1v) is 12.6. The summed E-state index contributed by atoms with van der Waals surface area (Å²) in [6.45, 7) is 3.45. The van der Waals surface area contributed by atoms with Gasteiger partial charge in [-0.2, -0.15) is 0 Å². The first-order chi connectivity index (χ1) is 18.3. The summed E-state index contributed by atoms with van der Waals surface area (Å²) in [5, 5.41) is 5.55. The monoisotopic (exact) mass is 509 g/mol. The minimum absolute atomic E-state index is 0.0212. The molecule has 0 aliphatic heterocycles. The summed E-state index contributed by atoms with van der Waals surface area (Å²) in [6, 6.07) is 25.2. The van der Waals surface area contributed by atoms with Crippen LogP contribution in [0.4, 0.5) is 5.82 Å². The van der Waals surface area contributed by atoms with Crippen LogP contribution in [0.15, 0.2) is 91.4 Å². The molecule has 1 unspecified atom stereocenters. The second-order valence-electron chi connectivity index (χ2n) is 10.0. The predicted molar refractivity (Wildman–Crippen MR) is 146 cm³/mol. The fraction of sp³-hybridized carbons (Fsp3) is 0.233. The van der Waals surface area contributed by atoms with Gasteiger partial charge in [0.1, 0.15) is 6.04 Å². The van der Waals surface area contributed by atoms with Crippen LogP contribution in [-0.4, -0.2) is 39.6 Å². The topological polar surface area (TPSA) is 111 Å². The molecule has 1 heterocycles. The van der Waals surface area contributed by atoms with Gasteiger partial charge in [-0.3, -0.25) is 9.59 Å². The SMILES string of the molecule is CC(C)(N)C(=O)NC(COCc1ccccc1)C(=O)Nc1cn(C2c3ccccc3-c3ccccc32)cn1. The maximum absolute atomic E-state index is 13.2. The average Bonchev–Trinajstić information content (AvgIpc) is 3.50. The molecular formula is C30H31N5O3. The Morgan fingerprint density at radius 2 is 1.58 bits per heavy atom. The van der Waals surface area contributed by atoms with Crippen molar-refractivity contribution in [1.82, 2.24) is 14.9 Å². The number of amides is 2. The zero-order valence-electron chi connectivity index (χ0n) is 21.4. The molecule has 4 aromatic rings. The molecule has 4 N–H and O–H groups in total. The highest BCUT2D eigenvalue weighted by atomic mass is 16.5. The van der Waals surface area contributed by atoms with Crippen LogP contribution < -0.4 is 16.4 Å². The molecule has 8 nitrogen and oxygen atoms in total. The van der Waals surface area contributed by atoms with E-state index in [1.165, 1.54) is 22.3 Å². The lowest BCUT2D eigenvalue weighted by molar-refractivity contribution is -0.130. The standard InChI is InChI=1S/C30H31N5O3/c1-30(2,31)29(37)33-25(18-38-17-20-10-4-3-5-11-20)28(36)34-26-16-35(19-32-26)27-23-14-8-6-12-21(23)22-13-7-9-15-24(22)27/h3-16,19,25,27H,17-18,31H2,1-2H3,(H,33,37)(H,34,36). The molecule has 1 aliphatic carbocycles.